The highest BCUT2D eigenvalue weighted by Gasteiger charge is 2.14. The normalized spacial score (nSPS) is 13.2. The number of rotatable bonds is 4. The molecule has 16 heavy (non-hydrogen) atoms. The van der Waals surface area contributed by atoms with Gasteiger partial charge in [0, 0.05) is 30.8 Å². The van der Waals surface area contributed by atoms with Crippen LogP contribution >= 0.6 is 0 Å². The number of hydrogen-bond donors (Lipinski definition) is 1. The molecule has 0 aliphatic carbocycles. The first kappa shape index (κ1) is 11.2. The summed E-state index contributed by atoms with van der Waals surface area (Å²) in [6.07, 6.45) is 4.13. The smallest absolute Gasteiger partial charge is 0.0480 e. The van der Waals surface area contributed by atoms with E-state index in [0.29, 0.717) is 5.92 Å². The average Bonchev–Trinajstić information content (AvgIpc) is 2.65. The minimum Gasteiger partial charge on any atom is -0.396 e. The molecular weight excluding hydrogens is 198 g/mol. The Balaban J connectivity index is 2.51. The van der Waals surface area contributed by atoms with Crippen molar-refractivity contribution in [2.75, 3.05) is 6.61 Å². The number of nitrogens with zero attached hydrogens (tertiary/aromatic N) is 1. The Morgan fingerprint density at radius 1 is 1.31 bits per heavy atom. The van der Waals surface area contributed by atoms with Crippen molar-refractivity contribution >= 4 is 10.9 Å². The molecule has 0 aliphatic rings. The van der Waals surface area contributed by atoms with E-state index >= 15 is 0 Å². The molecule has 0 radical (unpaired) electrons. The fourth-order valence-electron chi connectivity index (χ4n) is 2.43. The third kappa shape index (κ3) is 1.85. The van der Waals surface area contributed by atoms with E-state index in [0.717, 1.165) is 12.8 Å². The zero-order valence-electron chi connectivity index (χ0n) is 9.98. The van der Waals surface area contributed by atoms with E-state index in [1.165, 1.54) is 16.5 Å². The molecule has 1 heterocycles. The Hall–Kier alpha value is -1.28. The second-order valence-corrected chi connectivity index (χ2v) is 4.33. The highest BCUT2D eigenvalue weighted by atomic mass is 16.3. The van der Waals surface area contributed by atoms with E-state index in [1.807, 2.05) is 0 Å². The van der Waals surface area contributed by atoms with Gasteiger partial charge in [-0.15, -0.1) is 0 Å². The van der Waals surface area contributed by atoms with Gasteiger partial charge in [-0.3, -0.25) is 0 Å². The van der Waals surface area contributed by atoms with Crippen LogP contribution in [-0.2, 0) is 7.05 Å². The first-order valence-electron chi connectivity index (χ1n) is 5.92. The third-order valence-electron chi connectivity index (χ3n) is 3.34. The van der Waals surface area contributed by atoms with Crippen molar-refractivity contribution < 1.29 is 5.11 Å². The van der Waals surface area contributed by atoms with Gasteiger partial charge in [-0.2, -0.15) is 0 Å². The van der Waals surface area contributed by atoms with E-state index in [1.54, 1.807) is 0 Å². The summed E-state index contributed by atoms with van der Waals surface area (Å²) in [7, 11) is 2.08. The van der Waals surface area contributed by atoms with Crippen LogP contribution in [0.4, 0.5) is 0 Å². The van der Waals surface area contributed by atoms with Crippen LogP contribution in [0.3, 0.4) is 0 Å². The highest BCUT2D eigenvalue weighted by molar-refractivity contribution is 5.84. The number of hydrogen-bond acceptors (Lipinski definition) is 1. The van der Waals surface area contributed by atoms with Crippen molar-refractivity contribution in [3.05, 3.63) is 36.0 Å². The number of benzene rings is 1. The zero-order chi connectivity index (χ0) is 11.5. The topological polar surface area (TPSA) is 25.2 Å². The monoisotopic (exact) mass is 217 g/mol. The fourth-order valence-corrected chi connectivity index (χ4v) is 2.43. The number of aryl methyl sites for hydroxylation is 1. The molecule has 0 saturated carbocycles. The highest BCUT2D eigenvalue weighted by Crippen LogP contribution is 2.31. The van der Waals surface area contributed by atoms with Crippen molar-refractivity contribution in [3.63, 3.8) is 0 Å². The summed E-state index contributed by atoms with van der Waals surface area (Å²) >= 11 is 0. The molecule has 0 fully saturated rings. The van der Waals surface area contributed by atoms with E-state index in [4.69, 9.17) is 5.11 Å². The van der Waals surface area contributed by atoms with E-state index in [2.05, 4.69) is 49.0 Å². The summed E-state index contributed by atoms with van der Waals surface area (Å²) < 4.78 is 2.17. The van der Waals surface area contributed by atoms with Crippen LogP contribution in [0.2, 0.25) is 0 Å². The minimum atomic E-state index is 0.266. The van der Waals surface area contributed by atoms with Gasteiger partial charge < -0.3 is 9.67 Å². The molecule has 1 N–H and O–H groups in total. The second kappa shape index (κ2) is 4.71. The summed E-state index contributed by atoms with van der Waals surface area (Å²) in [5, 5.41) is 10.4. The predicted octanol–water partition coefficient (Wildman–Crippen LogP) is 3.05. The molecule has 0 aliphatic heterocycles. The minimum absolute atomic E-state index is 0.266. The van der Waals surface area contributed by atoms with Crippen molar-refractivity contribution in [1.29, 1.82) is 0 Å². The average molecular weight is 217 g/mol. The van der Waals surface area contributed by atoms with E-state index in [9.17, 15) is 0 Å². The molecule has 0 saturated heterocycles. The van der Waals surface area contributed by atoms with Crippen molar-refractivity contribution in [2.45, 2.75) is 25.7 Å². The van der Waals surface area contributed by atoms with Crippen molar-refractivity contribution in [3.8, 4) is 0 Å². The van der Waals surface area contributed by atoms with Gasteiger partial charge >= 0.3 is 0 Å². The van der Waals surface area contributed by atoms with E-state index < -0.39 is 0 Å². The summed E-state index contributed by atoms with van der Waals surface area (Å²) in [4.78, 5) is 0. The molecule has 86 valence electrons. The van der Waals surface area contributed by atoms with Crippen LogP contribution < -0.4 is 0 Å². The molecule has 1 aromatic heterocycles. The van der Waals surface area contributed by atoms with E-state index in [-0.39, 0.29) is 6.61 Å². The molecule has 1 atom stereocenters. The first-order chi connectivity index (χ1) is 7.77. The van der Waals surface area contributed by atoms with Gasteiger partial charge in [-0.05, 0) is 30.4 Å². The van der Waals surface area contributed by atoms with Crippen LogP contribution in [-0.4, -0.2) is 16.3 Å². The molecule has 0 bridgehead atoms. The van der Waals surface area contributed by atoms with Gasteiger partial charge in [-0.1, -0.05) is 25.1 Å². The van der Waals surface area contributed by atoms with Crippen LogP contribution in [0, 0.1) is 0 Å². The molecule has 2 heteroatoms. The van der Waals surface area contributed by atoms with Crippen LogP contribution in [0.15, 0.2) is 30.5 Å². The number of aromatic nitrogens is 1. The Kier molecular flexibility index (Phi) is 3.30. The fraction of sp³-hybridized carbons (Fsp3) is 0.429. The molecule has 0 amide bonds. The molecule has 2 nitrogen and oxygen atoms in total. The summed E-state index contributed by atoms with van der Waals surface area (Å²) in [6.45, 7) is 2.45. The Labute approximate surface area is 96.5 Å². The standard InChI is InChI=1S/C14H19NO/c1-3-11(8-9-16)13-10-15(2)14-7-5-4-6-12(13)14/h4-7,10-11,16H,3,8-9H2,1-2H3/t11-/m1/s1. The van der Waals surface area contributed by atoms with Gasteiger partial charge in [0.05, 0.1) is 0 Å². The lowest BCUT2D eigenvalue weighted by Crippen LogP contribution is -1.99. The van der Waals surface area contributed by atoms with Gasteiger partial charge in [0.25, 0.3) is 0 Å². The largest absolute Gasteiger partial charge is 0.396 e. The predicted molar refractivity (Wildman–Crippen MR) is 67.7 cm³/mol. The maximum atomic E-state index is 9.10. The summed E-state index contributed by atoms with van der Waals surface area (Å²) in [5.74, 6) is 0.469. The van der Waals surface area contributed by atoms with Gasteiger partial charge in [0.15, 0.2) is 0 Å². The van der Waals surface area contributed by atoms with Crippen molar-refractivity contribution in [2.24, 2.45) is 7.05 Å². The Morgan fingerprint density at radius 2 is 2.06 bits per heavy atom. The lowest BCUT2D eigenvalue weighted by atomic mass is 9.93. The van der Waals surface area contributed by atoms with Gasteiger partial charge in [-0.25, -0.2) is 0 Å². The third-order valence-corrected chi connectivity index (χ3v) is 3.34. The molecule has 0 spiro atoms. The number of para-hydroxylation sites is 1. The molecule has 2 aromatic rings. The van der Waals surface area contributed by atoms with Crippen LogP contribution in [0.1, 0.15) is 31.2 Å². The zero-order valence-corrected chi connectivity index (χ0v) is 9.98. The SMILES string of the molecule is CC[C@H](CCO)c1cn(C)c2ccccc12. The Morgan fingerprint density at radius 3 is 2.75 bits per heavy atom. The first-order valence-corrected chi connectivity index (χ1v) is 5.92. The Bertz CT molecular complexity index is 473. The van der Waals surface area contributed by atoms with Gasteiger partial charge in [0.1, 0.15) is 0 Å². The number of aliphatic hydroxyl groups excluding tert-OH is 1. The van der Waals surface area contributed by atoms with Crippen LogP contribution in [0.5, 0.6) is 0 Å². The number of fused-ring (bicyclic) bond motifs is 1. The summed E-state index contributed by atoms with van der Waals surface area (Å²) in [6, 6.07) is 8.46. The molecular formula is C14H19NO. The van der Waals surface area contributed by atoms with Crippen LogP contribution in [0.25, 0.3) is 10.9 Å². The quantitative estimate of drug-likeness (QED) is 0.836. The summed E-state index contributed by atoms with van der Waals surface area (Å²) in [5.41, 5.74) is 2.64. The molecule has 1 aromatic carbocycles. The number of aliphatic hydroxyl groups is 1. The van der Waals surface area contributed by atoms with Gasteiger partial charge in [0.2, 0.25) is 0 Å². The molecule has 0 unspecified atom stereocenters. The second-order valence-electron chi connectivity index (χ2n) is 4.33. The van der Waals surface area contributed by atoms with Crippen molar-refractivity contribution in [1.82, 2.24) is 4.57 Å². The maximum Gasteiger partial charge on any atom is 0.0480 e. The molecule has 2 rings (SSSR count). The lowest BCUT2D eigenvalue weighted by molar-refractivity contribution is 0.274. The lowest BCUT2D eigenvalue weighted by Gasteiger charge is -2.12. The maximum absolute atomic E-state index is 9.10.